The van der Waals surface area contributed by atoms with Gasteiger partial charge in [0.15, 0.2) is 0 Å². The summed E-state index contributed by atoms with van der Waals surface area (Å²) in [5.74, 6) is 0.939. The standard InChI is InChI=1S/C6H14N2O/c1-5(2)3-4-6(7)8-9/h5,9H,3-4H2,1-2H3,(H2,7,8). The smallest absolute Gasteiger partial charge is 0.139 e. The first-order valence-electron chi connectivity index (χ1n) is 3.13. The second-order valence-corrected chi connectivity index (χ2v) is 2.52. The van der Waals surface area contributed by atoms with Crippen LogP contribution in [0.5, 0.6) is 0 Å². The molecule has 0 atom stereocenters. The zero-order valence-corrected chi connectivity index (χ0v) is 5.96. The van der Waals surface area contributed by atoms with E-state index in [2.05, 4.69) is 19.0 Å². The third-order valence-corrected chi connectivity index (χ3v) is 1.11. The van der Waals surface area contributed by atoms with Crippen LogP contribution in [0.25, 0.3) is 0 Å². The summed E-state index contributed by atoms with van der Waals surface area (Å²) in [4.78, 5) is 0. The molecule has 0 rings (SSSR count). The number of hydrogen-bond donors (Lipinski definition) is 2. The van der Waals surface area contributed by atoms with E-state index in [0.717, 1.165) is 6.42 Å². The number of oxime groups is 1. The molecule has 0 aromatic heterocycles. The first-order valence-corrected chi connectivity index (χ1v) is 3.13. The average molecular weight is 130 g/mol. The molecule has 0 radical (unpaired) electrons. The van der Waals surface area contributed by atoms with Crippen molar-refractivity contribution in [2.24, 2.45) is 16.8 Å². The Balaban J connectivity index is 3.28. The molecule has 0 aliphatic rings. The first kappa shape index (κ1) is 8.27. The number of nitrogens with two attached hydrogens (primary N) is 1. The third-order valence-electron chi connectivity index (χ3n) is 1.11. The molecule has 3 nitrogen and oxygen atoms in total. The van der Waals surface area contributed by atoms with E-state index < -0.39 is 0 Å². The molecular formula is C6H14N2O. The fourth-order valence-electron chi connectivity index (χ4n) is 0.487. The lowest BCUT2D eigenvalue weighted by Crippen LogP contribution is -2.11. The van der Waals surface area contributed by atoms with Crippen molar-refractivity contribution in [3.05, 3.63) is 0 Å². The van der Waals surface area contributed by atoms with Gasteiger partial charge in [0.2, 0.25) is 0 Å². The molecule has 0 bridgehead atoms. The van der Waals surface area contributed by atoms with Crippen LogP contribution in [0.3, 0.4) is 0 Å². The molecule has 0 amide bonds. The molecule has 0 unspecified atom stereocenters. The van der Waals surface area contributed by atoms with Gasteiger partial charge in [-0.15, -0.1) is 0 Å². The van der Waals surface area contributed by atoms with E-state index in [1.165, 1.54) is 0 Å². The molecule has 3 N–H and O–H groups in total. The molecule has 0 aromatic carbocycles. The maximum atomic E-state index is 8.11. The maximum absolute atomic E-state index is 8.11. The second-order valence-electron chi connectivity index (χ2n) is 2.52. The monoisotopic (exact) mass is 130 g/mol. The highest BCUT2D eigenvalue weighted by atomic mass is 16.4. The van der Waals surface area contributed by atoms with E-state index in [9.17, 15) is 0 Å². The Labute approximate surface area is 55.5 Å². The van der Waals surface area contributed by atoms with Crippen molar-refractivity contribution in [3.63, 3.8) is 0 Å². The van der Waals surface area contributed by atoms with Crippen molar-refractivity contribution < 1.29 is 5.21 Å². The van der Waals surface area contributed by atoms with Crippen LogP contribution in [0.4, 0.5) is 0 Å². The van der Waals surface area contributed by atoms with Crippen molar-refractivity contribution in [2.75, 3.05) is 0 Å². The van der Waals surface area contributed by atoms with Crippen molar-refractivity contribution in [2.45, 2.75) is 26.7 Å². The van der Waals surface area contributed by atoms with Crippen molar-refractivity contribution in [1.82, 2.24) is 0 Å². The lowest BCUT2D eigenvalue weighted by molar-refractivity contribution is 0.316. The summed E-state index contributed by atoms with van der Waals surface area (Å²) in [5.41, 5.74) is 5.22. The summed E-state index contributed by atoms with van der Waals surface area (Å²) < 4.78 is 0. The van der Waals surface area contributed by atoms with Gasteiger partial charge in [-0.05, 0) is 12.3 Å². The highest BCUT2D eigenvalue weighted by Crippen LogP contribution is 2.02. The van der Waals surface area contributed by atoms with Crippen LogP contribution in [0.2, 0.25) is 0 Å². The second kappa shape index (κ2) is 4.18. The van der Waals surface area contributed by atoms with Crippen molar-refractivity contribution in [1.29, 1.82) is 0 Å². The minimum atomic E-state index is 0.323. The Morgan fingerprint density at radius 3 is 2.56 bits per heavy atom. The highest BCUT2D eigenvalue weighted by Gasteiger charge is 1.95. The van der Waals surface area contributed by atoms with Crippen LogP contribution in [0.15, 0.2) is 5.16 Å². The summed E-state index contributed by atoms with van der Waals surface area (Å²) in [5, 5.41) is 11.0. The Kier molecular flexibility index (Phi) is 3.84. The molecule has 0 aromatic rings. The summed E-state index contributed by atoms with van der Waals surface area (Å²) >= 11 is 0. The van der Waals surface area contributed by atoms with Crippen LogP contribution in [-0.4, -0.2) is 11.0 Å². The first-order chi connectivity index (χ1) is 4.16. The number of rotatable bonds is 3. The number of hydrogen-bond acceptors (Lipinski definition) is 2. The largest absolute Gasteiger partial charge is 0.409 e. The van der Waals surface area contributed by atoms with Gasteiger partial charge in [0.25, 0.3) is 0 Å². The molecule has 0 aliphatic carbocycles. The number of amidine groups is 1. The molecule has 9 heavy (non-hydrogen) atoms. The van der Waals surface area contributed by atoms with E-state index in [0.29, 0.717) is 18.2 Å². The molecule has 54 valence electrons. The minimum Gasteiger partial charge on any atom is -0.409 e. The lowest BCUT2D eigenvalue weighted by Gasteiger charge is -2.00. The molecule has 0 fully saturated rings. The zero-order chi connectivity index (χ0) is 7.28. The summed E-state index contributed by atoms with van der Waals surface area (Å²) in [6, 6.07) is 0. The maximum Gasteiger partial charge on any atom is 0.139 e. The fraction of sp³-hybridized carbons (Fsp3) is 0.833. The van der Waals surface area contributed by atoms with Gasteiger partial charge in [0, 0.05) is 6.42 Å². The summed E-state index contributed by atoms with van der Waals surface area (Å²) in [7, 11) is 0. The van der Waals surface area contributed by atoms with Crippen molar-refractivity contribution >= 4 is 5.84 Å². The normalized spacial score (nSPS) is 12.6. The van der Waals surface area contributed by atoms with Crippen LogP contribution >= 0.6 is 0 Å². The number of nitrogens with zero attached hydrogens (tertiary/aromatic N) is 1. The molecule has 0 saturated heterocycles. The van der Waals surface area contributed by atoms with Gasteiger partial charge in [-0.2, -0.15) is 0 Å². The predicted octanol–water partition coefficient (Wildman–Crippen LogP) is 1.17. The Morgan fingerprint density at radius 1 is 1.67 bits per heavy atom. The molecule has 0 spiro atoms. The van der Waals surface area contributed by atoms with Gasteiger partial charge in [0.05, 0.1) is 0 Å². The predicted molar refractivity (Wildman–Crippen MR) is 37.5 cm³/mol. The van der Waals surface area contributed by atoms with Gasteiger partial charge in [0.1, 0.15) is 5.84 Å². The Morgan fingerprint density at radius 2 is 2.22 bits per heavy atom. The molecule has 0 heterocycles. The summed E-state index contributed by atoms with van der Waals surface area (Å²) in [6.45, 7) is 4.20. The van der Waals surface area contributed by atoms with E-state index in [1.807, 2.05) is 0 Å². The quantitative estimate of drug-likeness (QED) is 0.261. The lowest BCUT2D eigenvalue weighted by atomic mass is 10.1. The fourth-order valence-corrected chi connectivity index (χ4v) is 0.487. The van der Waals surface area contributed by atoms with Gasteiger partial charge in [-0.3, -0.25) is 0 Å². The minimum absolute atomic E-state index is 0.323. The van der Waals surface area contributed by atoms with Gasteiger partial charge in [-0.1, -0.05) is 19.0 Å². The van der Waals surface area contributed by atoms with Crippen LogP contribution < -0.4 is 5.73 Å². The van der Waals surface area contributed by atoms with Gasteiger partial charge >= 0.3 is 0 Å². The van der Waals surface area contributed by atoms with Crippen LogP contribution in [0.1, 0.15) is 26.7 Å². The van der Waals surface area contributed by atoms with Crippen LogP contribution in [0, 0.1) is 5.92 Å². The zero-order valence-electron chi connectivity index (χ0n) is 5.96. The SMILES string of the molecule is CC(C)CCC(N)=NO. The average Bonchev–Trinajstić information content (AvgIpc) is 1.83. The van der Waals surface area contributed by atoms with E-state index in [4.69, 9.17) is 10.9 Å². The van der Waals surface area contributed by atoms with E-state index >= 15 is 0 Å². The Bertz CT molecular complexity index is 99.2. The molecule has 0 saturated carbocycles. The molecule has 0 aliphatic heterocycles. The molecule has 3 heteroatoms. The molecular weight excluding hydrogens is 116 g/mol. The van der Waals surface area contributed by atoms with E-state index in [-0.39, 0.29) is 0 Å². The third kappa shape index (κ3) is 5.14. The van der Waals surface area contributed by atoms with Gasteiger partial charge in [-0.25, -0.2) is 0 Å². The topological polar surface area (TPSA) is 58.6 Å². The summed E-state index contributed by atoms with van der Waals surface area (Å²) in [6.07, 6.45) is 1.67. The van der Waals surface area contributed by atoms with Crippen molar-refractivity contribution in [3.8, 4) is 0 Å². The van der Waals surface area contributed by atoms with Gasteiger partial charge < -0.3 is 10.9 Å². The van der Waals surface area contributed by atoms with E-state index in [1.54, 1.807) is 0 Å². The van der Waals surface area contributed by atoms with Crippen LogP contribution in [-0.2, 0) is 0 Å². The highest BCUT2D eigenvalue weighted by molar-refractivity contribution is 5.79. The Hall–Kier alpha value is -0.730.